The minimum atomic E-state index is -0.593. The van der Waals surface area contributed by atoms with Crippen molar-refractivity contribution in [2.24, 2.45) is 18.9 Å². The number of benzene rings is 1. The van der Waals surface area contributed by atoms with E-state index in [2.05, 4.69) is 28.4 Å². The molecule has 0 fully saturated rings. The minimum Gasteiger partial charge on any atom is -0.293 e. The summed E-state index contributed by atoms with van der Waals surface area (Å²) >= 11 is 0. The highest BCUT2D eigenvalue weighted by Crippen LogP contribution is 2.54. The van der Waals surface area contributed by atoms with E-state index in [1.807, 2.05) is 50.6 Å². The molecule has 0 saturated heterocycles. The highest BCUT2D eigenvalue weighted by Gasteiger charge is 2.53. The molecule has 1 N–H and O–H groups in total. The Morgan fingerprint density at radius 1 is 1.31 bits per heavy atom. The molecule has 5 rings (SSSR count). The number of nitrogens with zero attached hydrogens (tertiary/aromatic N) is 4. The summed E-state index contributed by atoms with van der Waals surface area (Å²) in [4.78, 5) is 12.8. The predicted molar refractivity (Wildman–Crippen MR) is 108 cm³/mol. The lowest BCUT2D eigenvalue weighted by molar-refractivity contribution is -0.121. The van der Waals surface area contributed by atoms with Crippen molar-refractivity contribution >= 4 is 5.78 Å². The maximum absolute atomic E-state index is 12.8. The number of nitrogens with one attached hydrogen (secondary N) is 1. The minimum absolute atomic E-state index is 0.0597. The van der Waals surface area contributed by atoms with E-state index in [1.54, 1.807) is 4.68 Å². The number of Topliss-reactive ketones (excluding diaryl/α,β-unsaturated/α-hetero) is 1. The van der Waals surface area contributed by atoms with Crippen molar-refractivity contribution in [1.82, 2.24) is 20.0 Å². The molecule has 0 amide bonds. The van der Waals surface area contributed by atoms with E-state index in [0.29, 0.717) is 0 Å². The normalized spacial score (nSPS) is 25.7. The van der Waals surface area contributed by atoms with Crippen LogP contribution in [0.5, 0.6) is 0 Å². The summed E-state index contributed by atoms with van der Waals surface area (Å²) in [6.45, 7) is 1.95. The van der Waals surface area contributed by atoms with Gasteiger partial charge in [0.25, 0.3) is 0 Å². The number of nitriles is 1. The van der Waals surface area contributed by atoms with Crippen LogP contribution in [0.1, 0.15) is 30.2 Å². The van der Waals surface area contributed by atoms with Gasteiger partial charge in [0, 0.05) is 30.3 Å². The van der Waals surface area contributed by atoms with Crippen molar-refractivity contribution in [3.8, 4) is 17.3 Å². The van der Waals surface area contributed by atoms with Crippen molar-refractivity contribution in [3.05, 3.63) is 71.2 Å². The van der Waals surface area contributed by atoms with Crippen LogP contribution < -0.4 is 0 Å². The first-order chi connectivity index (χ1) is 14.1. The van der Waals surface area contributed by atoms with Crippen LogP contribution >= 0.6 is 0 Å². The van der Waals surface area contributed by atoms with Gasteiger partial charge in [0.15, 0.2) is 5.78 Å². The lowest BCUT2D eigenvalue weighted by Crippen LogP contribution is -2.48. The lowest BCUT2D eigenvalue weighted by Gasteiger charge is -2.46. The molecule has 2 heterocycles. The van der Waals surface area contributed by atoms with Gasteiger partial charge >= 0.3 is 0 Å². The SMILES string of the molecule is C[C@@H]1C(=O)C(C#N)=C[C@]2(c3ccccc3)c3n[nH]c(-c4cnn(C)c4)c3CCC12. The van der Waals surface area contributed by atoms with Crippen LogP contribution in [-0.4, -0.2) is 25.8 Å². The number of rotatable bonds is 2. The van der Waals surface area contributed by atoms with E-state index < -0.39 is 5.41 Å². The van der Waals surface area contributed by atoms with Crippen molar-refractivity contribution in [2.45, 2.75) is 25.2 Å². The number of aromatic nitrogens is 4. The Kier molecular flexibility index (Phi) is 3.82. The smallest absolute Gasteiger partial charge is 0.176 e. The topological polar surface area (TPSA) is 87.4 Å². The largest absolute Gasteiger partial charge is 0.293 e. The molecule has 29 heavy (non-hydrogen) atoms. The summed E-state index contributed by atoms with van der Waals surface area (Å²) in [6.07, 6.45) is 7.37. The number of ketones is 1. The molecule has 0 spiro atoms. The summed E-state index contributed by atoms with van der Waals surface area (Å²) in [5.41, 5.74) is 4.74. The first-order valence-corrected chi connectivity index (χ1v) is 9.85. The number of carbonyl (C=O) groups excluding carboxylic acids is 1. The van der Waals surface area contributed by atoms with Gasteiger partial charge < -0.3 is 0 Å². The van der Waals surface area contributed by atoms with Gasteiger partial charge in [-0.25, -0.2) is 0 Å². The molecule has 3 atom stereocenters. The molecule has 1 unspecified atom stereocenters. The number of hydrogen-bond donors (Lipinski definition) is 1. The summed E-state index contributed by atoms with van der Waals surface area (Å²) in [5.74, 6) is -0.232. The lowest BCUT2D eigenvalue weighted by atomic mass is 9.54. The van der Waals surface area contributed by atoms with Gasteiger partial charge in [-0.1, -0.05) is 37.3 Å². The number of allylic oxidation sites excluding steroid dienone is 2. The fourth-order valence-electron chi connectivity index (χ4n) is 5.22. The third-order valence-corrected chi connectivity index (χ3v) is 6.57. The van der Waals surface area contributed by atoms with E-state index in [1.165, 1.54) is 0 Å². The maximum atomic E-state index is 12.8. The monoisotopic (exact) mass is 383 g/mol. The molecule has 144 valence electrons. The molecule has 2 aliphatic rings. The van der Waals surface area contributed by atoms with E-state index in [4.69, 9.17) is 5.10 Å². The Hall–Kier alpha value is -3.46. The maximum Gasteiger partial charge on any atom is 0.176 e. The summed E-state index contributed by atoms with van der Waals surface area (Å²) in [7, 11) is 1.89. The Morgan fingerprint density at radius 3 is 2.79 bits per heavy atom. The van der Waals surface area contributed by atoms with Gasteiger partial charge in [-0.3, -0.25) is 14.6 Å². The van der Waals surface area contributed by atoms with Crippen molar-refractivity contribution in [1.29, 1.82) is 5.26 Å². The van der Waals surface area contributed by atoms with Crippen molar-refractivity contribution in [2.75, 3.05) is 0 Å². The molecule has 0 aliphatic heterocycles. The molecule has 6 nitrogen and oxygen atoms in total. The number of fused-ring (bicyclic) bond motifs is 3. The second-order valence-corrected chi connectivity index (χ2v) is 8.03. The number of aryl methyl sites for hydroxylation is 1. The average molecular weight is 383 g/mol. The molecular formula is C23H21N5O. The Morgan fingerprint density at radius 2 is 2.10 bits per heavy atom. The number of H-pyrrole nitrogens is 1. The zero-order valence-corrected chi connectivity index (χ0v) is 16.4. The third-order valence-electron chi connectivity index (χ3n) is 6.57. The molecule has 2 aromatic heterocycles. The Balaban J connectivity index is 1.81. The first kappa shape index (κ1) is 17.6. The highest BCUT2D eigenvalue weighted by molar-refractivity contribution is 6.02. The molecule has 3 aromatic rings. The zero-order chi connectivity index (χ0) is 20.2. The number of hydrogen-bond acceptors (Lipinski definition) is 4. The number of carbonyl (C=O) groups is 1. The molecule has 1 aromatic carbocycles. The fraction of sp³-hybridized carbons (Fsp3) is 0.304. The van der Waals surface area contributed by atoms with E-state index in [9.17, 15) is 10.1 Å². The predicted octanol–water partition coefficient (Wildman–Crippen LogP) is 3.33. The van der Waals surface area contributed by atoms with Gasteiger partial charge in [0.2, 0.25) is 0 Å². The van der Waals surface area contributed by atoms with Gasteiger partial charge in [-0.2, -0.15) is 15.5 Å². The summed E-state index contributed by atoms with van der Waals surface area (Å²) in [6, 6.07) is 12.3. The van der Waals surface area contributed by atoms with E-state index in [-0.39, 0.29) is 23.2 Å². The van der Waals surface area contributed by atoms with Crippen LogP contribution in [0, 0.1) is 23.2 Å². The molecule has 2 aliphatic carbocycles. The number of aromatic amines is 1. The third kappa shape index (κ3) is 2.37. The molecule has 0 bridgehead atoms. The Bertz CT molecular complexity index is 1180. The van der Waals surface area contributed by atoms with Crippen LogP contribution in [0.2, 0.25) is 0 Å². The second kappa shape index (κ2) is 6.28. The van der Waals surface area contributed by atoms with Crippen molar-refractivity contribution in [3.63, 3.8) is 0 Å². The van der Waals surface area contributed by atoms with Crippen LogP contribution in [0.25, 0.3) is 11.3 Å². The summed E-state index contributed by atoms with van der Waals surface area (Å²) in [5, 5.41) is 22.0. The van der Waals surface area contributed by atoms with E-state index in [0.717, 1.165) is 40.9 Å². The Labute approximate surface area is 168 Å². The summed E-state index contributed by atoms with van der Waals surface area (Å²) < 4.78 is 1.77. The van der Waals surface area contributed by atoms with Gasteiger partial charge in [0.05, 0.1) is 28.6 Å². The highest BCUT2D eigenvalue weighted by atomic mass is 16.1. The first-order valence-electron chi connectivity index (χ1n) is 9.85. The second-order valence-electron chi connectivity index (χ2n) is 8.03. The van der Waals surface area contributed by atoms with Crippen LogP contribution in [0.15, 0.2) is 54.4 Å². The van der Waals surface area contributed by atoms with Gasteiger partial charge in [-0.05, 0) is 30.4 Å². The van der Waals surface area contributed by atoms with Crippen LogP contribution in [0.3, 0.4) is 0 Å². The van der Waals surface area contributed by atoms with Crippen LogP contribution in [-0.2, 0) is 23.7 Å². The average Bonchev–Trinajstić information content (AvgIpc) is 3.37. The van der Waals surface area contributed by atoms with E-state index >= 15 is 0 Å². The van der Waals surface area contributed by atoms with Gasteiger partial charge in [-0.15, -0.1) is 0 Å². The molecular weight excluding hydrogens is 362 g/mol. The molecule has 0 saturated carbocycles. The van der Waals surface area contributed by atoms with Crippen molar-refractivity contribution < 1.29 is 4.79 Å². The fourth-order valence-corrected chi connectivity index (χ4v) is 5.22. The quantitative estimate of drug-likeness (QED) is 0.735. The standard InChI is InChI=1S/C23H21N5O/c1-14-19-9-8-18-20(16-12-25-28(2)13-16)26-27-22(18)23(19,10-15(11-24)21(14)29)17-6-4-3-5-7-17/h3-7,10,12-14,19H,8-9H2,1-2H3,(H,26,27)/t14-,19?,23+/m0/s1. The molecule has 0 radical (unpaired) electrons. The zero-order valence-electron chi connectivity index (χ0n) is 16.4. The van der Waals surface area contributed by atoms with Gasteiger partial charge in [0.1, 0.15) is 6.07 Å². The van der Waals surface area contributed by atoms with Crippen LogP contribution in [0.4, 0.5) is 0 Å². The molecule has 6 heteroatoms.